The van der Waals surface area contributed by atoms with Crippen molar-refractivity contribution in [1.82, 2.24) is 0 Å². The van der Waals surface area contributed by atoms with Gasteiger partial charge in [0, 0.05) is 12.0 Å². The summed E-state index contributed by atoms with van der Waals surface area (Å²) in [7, 11) is 0. The van der Waals surface area contributed by atoms with Crippen LogP contribution < -0.4 is 9.47 Å². The Kier molecular flexibility index (Phi) is 5.89. The molecule has 4 heteroatoms. The molecule has 0 spiro atoms. The van der Waals surface area contributed by atoms with Gasteiger partial charge in [-0.3, -0.25) is 0 Å². The first-order chi connectivity index (χ1) is 9.81. The SMILES string of the molecule is OCc1cccc(Br)c1OCCCOc1ccccc1. The fourth-order valence-electron chi connectivity index (χ4n) is 1.78. The zero-order chi connectivity index (χ0) is 14.2. The van der Waals surface area contributed by atoms with Crippen LogP contribution >= 0.6 is 15.9 Å². The molecule has 2 aromatic carbocycles. The Balaban J connectivity index is 1.76. The minimum atomic E-state index is -0.0325. The van der Waals surface area contributed by atoms with E-state index in [-0.39, 0.29) is 6.61 Å². The fourth-order valence-corrected chi connectivity index (χ4v) is 2.30. The van der Waals surface area contributed by atoms with Crippen LogP contribution in [0.25, 0.3) is 0 Å². The lowest BCUT2D eigenvalue weighted by Crippen LogP contribution is -2.06. The molecule has 0 saturated carbocycles. The minimum absolute atomic E-state index is 0.0325. The van der Waals surface area contributed by atoms with Crippen molar-refractivity contribution in [3.63, 3.8) is 0 Å². The predicted molar refractivity (Wildman–Crippen MR) is 82.1 cm³/mol. The number of halogens is 1. The number of aliphatic hydroxyl groups is 1. The highest BCUT2D eigenvalue weighted by Gasteiger charge is 2.06. The van der Waals surface area contributed by atoms with E-state index in [4.69, 9.17) is 9.47 Å². The van der Waals surface area contributed by atoms with Crippen LogP contribution in [-0.4, -0.2) is 18.3 Å². The van der Waals surface area contributed by atoms with Gasteiger partial charge in [-0.25, -0.2) is 0 Å². The Labute approximate surface area is 127 Å². The van der Waals surface area contributed by atoms with Crippen molar-refractivity contribution in [1.29, 1.82) is 0 Å². The van der Waals surface area contributed by atoms with Gasteiger partial charge in [-0.1, -0.05) is 30.3 Å². The molecule has 20 heavy (non-hydrogen) atoms. The van der Waals surface area contributed by atoms with E-state index in [0.29, 0.717) is 19.0 Å². The van der Waals surface area contributed by atoms with Crippen LogP contribution in [0.1, 0.15) is 12.0 Å². The molecule has 106 valence electrons. The Morgan fingerprint density at radius 2 is 1.65 bits per heavy atom. The smallest absolute Gasteiger partial charge is 0.138 e. The van der Waals surface area contributed by atoms with Gasteiger partial charge in [-0.15, -0.1) is 0 Å². The van der Waals surface area contributed by atoms with Gasteiger partial charge in [-0.2, -0.15) is 0 Å². The van der Waals surface area contributed by atoms with E-state index in [1.165, 1.54) is 0 Å². The molecule has 0 aliphatic carbocycles. The molecule has 2 aromatic rings. The molecular weight excluding hydrogens is 320 g/mol. The molecule has 0 bridgehead atoms. The van der Waals surface area contributed by atoms with Crippen LogP contribution in [0.4, 0.5) is 0 Å². The number of hydrogen-bond donors (Lipinski definition) is 1. The maximum atomic E-state index is 9.27. The predicted octanol–water partition coefficient (Wildman–Crippen LogP) is 3.79. The summed E-state index contributed by atoms with van der Waals surface area (Å²) in [5, 5.41) is 9.27. The van der Waals surface area contributed by atoms with E-state index in [1.807, 2.05) is 48.5 Å². The van der Waals surface area contributed by atoms with E-state index in [2.05, 4.69) is 15.9 Å². The maximum Gasteiger partial charge on any atom is 0.138 e. The highest BCUT2D eigenvalue weighted by molar-refractivity contribution is 9.10. The molecule has 1 N–H and O–H groups in total. The summed E-state index contributed by atoms with van der Waals surface area (Å²) in [5.41, 5.74) is 0.781. The Hall–Kier alpha value is -1.52. The number of ether oxygens (including phenoxy) is 2. The minimum Gasteiger partial charge on any atom is -0.493 e. The van der Waals surface area contributed by atoms with Gasteiger partial charge in [0.25, 0.3) is 0 Å². The van der Waals surface area contributed by atoms with E-state index in [0.717, 1.165) is 22.2 Å². The summed E-state index contributed by atoms with van der Waals surface area (Å²) in [6.45, 7) is 1.11. The molecule has 0 amide bonds. The fraction of sp³-hybridized carbons (Fsp3) is 0.250. The molecule has 2 rings (SSSR count). The second-order valence-electron chi connectivity index (χ2n) is 4.25. The third-order valence-corrected chi connectivity index (χ3v) is 3.39. The summed E-state index contributed by atoms with van der Waals surface area (Å²) in [5.74, 6) is 1.57. The van der Waals surface area contributed by atoms with Gasteiger partial charge in [0.05, 0.1) is 24.3 Å². The zero-order valence-electron chi connectivity index (χ0n) is 11.1. The van der Waals surface area contributed by atoms with Crippen LogP contribution in [-0.2, 0) is 6.61 Å². The summed E-state index contributed by atoms with van der Waals surface area (Å²) in [4.78, 5) is 0. The van der Waals surface area contributed by atoms with Gasteiger partial charge < -0.3 is 14.6 Å². The summed E-state index contributed by atoms with van der Waals surface area (Å²) >= 11 is 3.43. The maximum absolute atomic E-state index is 9.27. The number of hydrogen-bond acceptors (Lipinski definition) is 3. The van der Waals surface area contributed by atoms with E-state index < -0.39 is 0 Å². The van der Waals surface area contributed by atoms with Crippen molar-refractivity contribution in [3.8, 4) is 11.5 Å². The van der Waals surface area contributed by atoms with Crippen LogP contribution in [0, 0.1) is 0 Å². The van der Waals surface area contributed by atoms with Crippen molar-refractivity contribution in [2.75, 3.05) is 13.2 Å². The Bertz CT molecular complexity index is 529. The quantitative estimate of drug-likeness (QED) is 0.782. The molecule has 0 heterocycles. The summed E-state index contributed by atoms with van der Waals surface area (Å²) in [6.07, 6.45) is 0.779. The van der Waals surface area contributed by atoms with Gasteiger partial charge >= 0.3 is 0 Å². The number of para-hydroxylation sites is 2. The highest BCUT2D eigenvalue weighted by Crippen LogP contribution is 2.29. The Morgan fingerprint density at radius 3 is 2.40 bits per heavy atom. The molecule has 0 atom stereocenters. The van der Waals surface area contributed by atoms with Crippen molar-refractivity contribution in [2.45, 2.75) is 13.0 Å². The third-order valence-electron chi connectivity index (χ3n) is 2.77. The molecule has 0 fully saturated rings. The van der Waals surface area contributed by atoms with Crippen molar-refractivity contribution in [3.05, 3.63) is 58.6 Å². The monoisotopic (exact) mass is 336 g/mol. The lowest BCUT2D eigenvalue weighted by Gasteiger charge is -2.12. The van der Waals surface area contributed by atoms with Gasteiger partial charge in [0.1, 0.15) is 11.5 Å². The van der Waals surface area contributed by atoms with Crippen molar-refractivity contribution in [2.24, 2.45) is 0 Å². The highest BCUT2D eigenvalue weighted by atomic mass is 79.9. The van der Waals surface area contributed by atoms with E-state index >= 15 is 0 Å². The van der Waals surface area contributed by atoms with Crippen molar-refractivity contribution >= 4 is 15.9 Å². The first kappa shape index (κ1) is 14.9. The number of rotatable bonds is 7. The lowest BCUT2D eigenvalue weighted by molar-refractivity contribution is 0.235. The summed E-state index contributed by atoms with van der Waals surface area (Å²) < 4.78 is 12.2. The van der Waals surface area contributed by atoms with Crippen LogP contribution in [0.5, 0.6) is 11.5 Å². The van der Waals surface area contributed by atoms with Crippen LogP contribution in [0.3, 0.4) is 0 Å². The Morgan fingerprint density at radius 1 is 0.900 bits per heavy atom. The lowest BCUT2D eigenvalue weighted by atomic mass is 10.2. The number of benzene rings is 2. The second kappa shape index (κ2) is 7.92. The molecule has 0 aliphatic rings. The van der Waals surface area contributed by atoms with E-state index in [1.54, 1.807) is 0 Å². The average molecular weight is 337 g/mol. The van der Waals surface area contributed by atoms with Gasteiger partial charge in [0.2, 0.25) is 0 Å². The first-order valence-electron chi connectivity index (χ1n) is 6.50. The third kappa shape index (κ3) is 4.25. The van der Waals surface area contributed by atoms with Crippen LogP contribution in [0.2, 0.25) is 0 Å². The largest absolute Gasteiger partial charge is 0.493 e. The zero-order valence-corrected chi connectivity index (χ0v) is 12.7. The molecule has 3 nitrogen and oxygen atoms in total. The number of aliphatic hydroxyl groups excluding tert-OH is 1. The van der Waals surface area contributed by atoms with Crippen LogP contribution in [0.15, 0.2) is 53.0 Å². The molecule has 0 aromatic heterocycles. The molecule has 0 radical (unpaired) electrons. The normalized spacial score (nSPS) is 10.3. The standard InChI is InChI=1S/C16H17BrO3/c17-15-9-4-6-13(12-18)16(15)20-11-5-10-19-14-7-2-1-3-8-14/h1-4,6-9,18H,5,10-12H2. The topological polar surface area (TPSA) is 38.7 Å². The molecule has 0 saturated heterocycles. The molecule has 0 aliphatic heterocycles. The second-order valence-corrected chi connectivity index (χ2v) is 5.10. The van der Waals surface area contributed by atoms with Gasteiger partial charge in [0.15, 0.2) is 0 Å². The average Bonchev–Trinajstić information content (AvgIpc) is 2.49. The molecular formula is C16H17BrO3. The van der Waals surface area contributed by atoms with Crippen molar-refractivity contribution < 1.29 is 14.6 Å². The summed E-state index contributed by atoms with van der Waals surface area (Å²) in [6, 6.07) is 15.3. The molecule has 0 unspecified atom stereocenters. The van der Waals surface area contributed by atoms with E-state index in [9.17, 15) is 5.11 Å². The van der Waals surface area contributed by atoms with Gasteiger partial charge in [-0.05, 0) is 34.1 Å². The first-order valence-corrected chi connectivity index (χ1v) is 7.29.